The van der Waals surface area contributed by atoms with Gasteiger partial charge in [-0.1, -0.05) is 24.3 Å². The number of likely N-dealkylation sites (N-methyl/N-ethyl adjacent to an activating group) is 1. The molecule has 0 aromatic heterocycles. The Morgan fingerprint density at radius 2 is 2.31 bits per heavy atom. The molecule has 1 atom stereocenters. The predicted molar refractivity (Wildman–Crippen MR) is 73.5 cm³/mol. The van der Waals surface area contributed by atoms with Crippen LogP contribution >= 0.6 is 12.6 Å². The SMILES string of the molecule is CN1CCCC(c2cccc(CCS)c2)C1. The molecule has 0 radical (unpaired) electrons. The van der Waals surface area contributed by atoms with Crippen molar-refractivity contribution in [1.29, 1.82) is 0 Å². The average Bonchev–Trinajstić information content (AvgIpc) is 2.30. The van der Waals surface area contributed by atoms with Crippen molar-refractivity contribution < 1.29 is 0 Å². The number of nitrogens with zero attached hydrogens (tertiary/aromatic N) is 1. The van der Waals surface area contributed by atoms with E-state index in [1.165, 1.54) is 37.1 Å². The standard InChI is InChI=1S/C14H21NS/c1-15-8-3-6-14(11-15)13-5-2-4-12(10-13)7-9-16/h2,4-5,10,14,16H,3,6-9,11H2,1H3. The van der Waals surface area contributed by atoms with Gasteiger partial charge < -0.3 is 4.90 Å². The zero-order valence-electron chi connectivity index (χ0n) is 10.0. The van der Waals surface area contributed by atoms with E-state index in [9.17, 15) is 0 Å². The van der Waals surface area contributed by atoms with E-state index < -0.39 is 0 Å². The highest BCUT2D eigenvalue weighted by Gasteiger charge is 2.18. The number of hydrogen-bond acceptors (Lipinski definition) is 2. The number of thiol groups is 1. The van der Waals surface area contributed by atoms with E-state index >= 15 is 0 Å². The molecule has 2 rings (SSSR count). The molecule has 0 N–H and O–H groups in total. The van der Waals surface area contributed by atoms with Gasteiger partial charge in [-0.15, -0.1) is 0 Å². The van der Waals surface area contributed by atoms with Gasteiger partial charge >= 0.3 is 0 Å². The summed E-state index contributed by atoms with van der Waals surface area (Å²) in [5.74, 6) is 1.67. The fourth-order valence-corrected chi connectivity index (χ4v) is 2.83. The molecular weight excluding hydrogens is 214 g/mol. The predicted octanol–water partition coefficient (Wildman–Crippen LogP) is 2.97. The third kappa shape index (κ3) is 3.02. The molecule has 1 aliphatic rings. The lowest BCUT2D eigenvalue weighted by atomic mass is 9.90. The van der Waals surface area contributed by atoms with E-state index in [1.54, 1.807) is 0 Å². The molecule has 16 heavy (non-hydrogen) atoms. The van der Waals surface area contributed by atoms with Gasteiger partial charge in [0.1, 0.15) is 0 Å². The fourth-order valence-electron chi connectivity index (χ4n) is 2.57. The van der Waals surface area contributed by atoms with Crippen LogP contribution in [0.15, 0.2) is 24.3 Å². The molecule has 2 heteroatoms. The van der Waals surface area contributed by atoms with Gasteiger partial charge in [0.2, 0.25) is 0 Å². The summed E-state index contributed by atoms with van der Waals surface area (Å²) in [6, 6.07) is 9.07. The van der Waals surface area contributed by atoms with Crippen LogP contribution in [-0.4, -0.2) is 30.8 Å². The Bertz CT molecular complexity index is 337. The number of likely N-dealkylation sites (tertiary alicyclic amines) is 1. The van der Waals surface area contributed by atoms with Crippen LogP contribution < -0.4 is 0 Å². The molecule has 0 amide bonds. The molecule has 1 aliphatic heterocycles. The van der Waals surface area contributed by atoms with Crippen molar-refractivity contribution in [2.75, 3.05) is 25.9 Å². The first kappa shape index (κ1) is 12.0. The van der Waals surface area contributed by atoms with Crippen LogP contribution in [0.4, 0.5) is 0 Å². The van der Waals surface area contributed by atoms with E-state index in [4.69, 9.17) is 0 Å². The van der Waals surface area contributed by atoms with Gasteiger partial charge in [-0.05, 0) is 55.7 Å². The first-order chi connectivity index (χ1) is 7.79. The van der Waals surface area contributed by atoms with Crippen LogP contribution in [0.2, 0.25) is 0 Å². The van der Waals surface area contributed by atoms with Crippen molar-refractivity contribution in [3.63, 3.8) is 0 Å². The van der Waals surface area contributed by atoms with Crippen LogP contribution in [0.3, 0.4) is 0 Å². The summed E-state index contributed by atoms with van der Waals surface area (Å²) < 4.78 is 0. The molecule has 1 aromatic rings. The van der Waals surface area contributed by atoms with Crippen molar-refractivity contribution in [3.8, 4) is 0 Å². The molecule has 1 saturated heterocycles. The largest absolute Gasteiger partial charge is 0.306 e. The van der Waals surface area contributed by atoms with Crippen LogP contribution in [0.5, 0.6) is 0 Å². The van der Waals surface area contributed by atoms with Crippen molar-refractivity contribution in [1.82, 2.24) is 4.90 Å². The summed E-state index contributed by atoms with van der Waals surface area (Å²) >= 11 is 4.30. The maximum atomic E-state index is 4.30. The average molecular weight is 235 g/mol. The van der Waals surface area contributed by atoms with E-state index in [-0.39, 0.29) is 0 Å². The van der Waals surface area contributed by atoms with Gasteiger partial charge in [0.05, 0.1) is 0 Å². The molecule has 1 heterocycles. The number of piperidine rings is 1. The van der Waals surface area contributed by atoms with Crippen molar-refractivity contribution in [2.24, 2.45) is 0 Å². The van der Waals surface area contributed by atoms with Crippen LogP contribution in [0.1, 0.15) is 29.9 Å². The third-order valence-corrected chi connectivity index (χ3v) is 3.67. The minimum atomic E-state index is 0.735. The van der Waals surface area contributed by atoms with Gasteiger partial charge in [0.25, 0.3) is 0 Å². The first-order valence-corrected chi connectivity index (χ1v) is 6.81. The quantitative estimate of drug-likeness (QED) is 0.788. The summed E-state index contributed by atoms with van der Waals surface area (Å²) in [5, 5.41) is 0. The molecule has 1 nitrogen and oxygen atoms in total. The fraction of sp³-hybridized carbons (Fsp3) is 0.571. The zero-order chi connectivity index (χ0) is 11.4. The van der Waals surface area contributed by atoms with Gasteiger partial charge in [-0.2, -0.15) is 12.6 Å². The Balaban J connectivity index is 2.09. The lowest BCUT2D eigenvalue weighted by Crippen LogP contribution is -2.30. The topological polar surface area (TPSA) is 3.24 Å². The second-order valence-corrected chi connectivity index (χ2v) is 5.27. The highest BCUT2D eigenvalue weighted by molar-refractivity contribution is 7.80. The Labute approximate surface area is 104 Å². The Hall–Kier alpha value is -0.470. The minimum Gasteiger partial charge on any atom is -0.306 e. The first-order valence-electron chi connectivity index (χ1n) is 6.18. The van der Waals surface area contributed by atoms with Gasteiger partial charge in [0.15, 0.2) is 0 Å². The molecule has 0 saturated carbocycles. The van der Waals surface area contributed by atoms with Crippen molar-refractivity contribution in [2.45, 2.75) is 25.2 Å². The van der Waals surface area contributed by atoms with Gasteiger partial charge in [-0.25, -0.2) is 0 Å². The molecule has 1 fully saturated rings. The minimum absolute atomic E-state index is 0.735. The Kier molecular flexibility index (Phi) is 4.30. The Morgan fingerprint density at radius 1 is 1.44 bits per heavy atom. The maximum absolute atomic E-state index is 4.30. The van der Waals surface area contributed by atoms with Crippen LogP contribution in [-0.2, 0) is 6.42 Å². The Morgan fingerprint density at radius 3 is 3.06 bits per heavy atom. The lowest BCUT2D eigenvalue weighted by molar-refractivity contribution is 0.251. The van der Waals surface area contributed by atoms with E-state index in [0.29, 0.717) is 0 Å². The molecule has 0 aliphatic carbocycles. The highest BCUT2D eigenvalue weighted by Crippen LogP contribution is 2.26. The number of rotatable bonds is 3. The number of aryl methyl sites for hydroxylation is 1. The van der Waals surface area contributed by atoms with Gasteiger partial charge in [-0.3, -0.25) is 0 Å². The van der Waals surface area contributed by atoms with E-state index in [2.05, 4.69) is 48.8 Å². The second-order valence-electron chi connectivity index (χ2n) is 4.82. The molecule has 0 spiro atoms. The van der Waals surface area contributed by atoms with Crippen molar-refractivity contribution >= 4 is 12.6 Å². The molecule has 0 bridgehead atoms. The van der Waals surface area contributed by atoms with Crippen molar-refractivity contribution in [3.05, 3.63) is 35.4 Å². The molecule has 88 valence electrons. The highest BCUT2D eigenvalue weighted by atomic mass is 32.1. The number of hydrogen-bond donors (Lipinski definition) is 1. The smallest absolute Gasteiger partial charge is 0.00472 e. The zero-order valence-corrected chi connectivity index (χ0v) is 10.9. The second kappa shape index (κ2) is 5.74. The van der Waals surface area contributed by atoms with E-state index in [0.717, 1.165) is 18.1 Å². The molecular formula is C14H21NS. The number of benzene rings is 1. The molecule has 1 unspecified atom stereocenters. The molecule has 1 aromatic carbocycles. The summed E-state index contributed by atoms with van der Waals surface area (Å²) in [5.41, 5.74) is 2.95. The monoisotopic (exact) mass is 235 g/mol. The summed E-state index contributed by atoms with van der Waals surface area (Å²) in [6.07, 6.45) is 3.76. The lowest BCUT2D eigenvalue weighted by Gasteiger charge is -2.30. The normalized spacial score (nSPS) is 22.2. The third-order valence-electron chi connectivity index (χ3n) is 3.45. The van der Waals surface area contributed by atoms with Gasteiger partial charge in [0, 0.05) is 6.54 Å². The summed E-state index contributed by atoms with van der Waals surface area (Å²) in [6.45, 7) is 2.47. The summed E-state index contributed by atoms with van der Waals surface area (Å²) in [7, 11) is 2.23. The van der Waals surface area contributed by atoms with E-state index in [1.807, 2.05) is 0 Å². The van der Waals surface area contributed by atoms with Crippen LogP contribution in [0.25, 0.3) is 0 Å². The maximum Gasteiger partial charge on any atom is 0.00472 e. The van der Waals surface area contributed by atoms with Crippen LogP contribution in [0, 0.1) is 0 Å². The summed E-state index contributed by atoms with van der Waals surface area (Å²) in [4.78, 5) is 2.44.